The van der Waals surface area contributed by atoms with E-state index in [-0.39, 0.29) is 17.2 Å². The summed E-state index contributed by atoms with van der Waals surface area (Å²) < 4.78 is 0. The van der Waals surface area contributed by atoms with Crippen molar-refractivity contribution in [3.63, 3.8) is 0 Å². The second-order valence-corrected chi connectivity index (χ2v) is 6.06. The van der Waals surface area contributed by atoms with Crippen LogP contribution in [0.15, 0.2) is 24.3 Å². The van der Waals surface area contributed by atoms with E-state index in [1.807, 2.05) is 0 Å². The van der Waals surface area contributed by atoms with E-state index in [0.29, 0.717) is 19.1 Å². The molecule has 2 fully saturated rings. The van der Waals surface area contributed by atoms with Gasteiger partial charge in [0.1, 0.15) is 5.56 Å². The van der Waals surface area contributed by atoms with Crippen molar-refractivity contribution in [2.75, 3.05) is 26.2 Å². The minimum atomic E-state index is -0.477. The van der Waals surface area contributed by atoms with Gasteiger partial charge in [-0.25, -0.2) is 0 Å². The van der Waals surface area contributed by atoms with Crippen LogP contribution in [0.4, 0.5) is 5.69 Å². The van der Waals surface area contributed by atoms with Crippen molar-refractivity contribution >= 4 is 11.6 Å². The molecule has 1 amide bonds. The molecule has 0 N–H and O–H groups in total. The average Bonchev–Trinajstić information content (AvgIpc) is 3.09. The van der Waals surface area contributed by atoms with Gasteiger partial charge in [0.05, 0.1) is 4.92 Å². The molecule has 0 bridgehead atoms. The molecule has 2 aliphatic rings. The van der Waals surface area contributed by atoms with Crippen LogP contribution in [-0.4, -0.2) is 52.9 Å². The molecule has 2 aliphatic heterocycles. The minimum absolute atomic E-state index is 0.101. The summed E-state index contributed by atoms with van der Waals surface area (Å²) >= 11 is 0. The van der Waals surface area contributed by atoms with Crippen LogP contribution in [0.1, 0.15) is 36.0 Å². The predicted molar refractivity (Wildman–Crippen MR) is 82.8 cm³/mol. The van der Waals surface area contributed by atoms with Crippen molar-refractivity contribution in [3.05, 3.63) is 39.9 Å². The highest BCUT2D eigenvalue weighted by Gasteiger charge is 2.31. The van der Waals surface area contributed by atoms with E-state index in [1.165, 1.54) is 18.9 Å². The van der Waals surface area contributed by atoms with Gasteiger partial charge in [-0.3, -0.25) is 19.8 Å². The minimum Gasteiger partial charge on any atom is -0.337 e. The van der Waals surface area contributed by atoms with E-state index in [4.69, 9.17) is 0 Å². The quantitative estimate of drug-likeness (QED) is 0.635. The zero-order valence-electron chi connectivity index (χ0n) is 12.6. The molecule has 0 aliphatic carbocycles. The lowest BCUT2D eigenvalue weighted by Gasteiger charge is -2.37. The first-order valence-corrected chi connectivity index (χ1v) is 7.93. The highest BCUT2D eigenvalue weighted by Crippen LogP contribution is 2.24. The van der Waals surface area contributed by atoms with Crippen LogP contribution in [-0.2, 0) is 0 Å². The second kappa shape index (κ2) is 6.44. The Bertz CT molecular complexity index is 570. The Morgan fingerprint density at radius 3 is 2.59 bits per heavy atom. The average molecular weight is 303 g/mol. The fourth-order valence-corrected chi connectivity index (χ4v) is 3.53. The molecular formula is C16H21N3O3. The number of nitro benzene ring substituents is 1. The van der Waals surface area contributed by atoms with Crippen molar-refractivity contribution in [2.45, 2.75) is 31.7 Å². The van der Waals surface area contributed by atoms with Gasteiger partial charge in [-0.1, -0.05) is 12.1 Å². The third-order valence-electron chi connectivity index (χ3n) is 4.67. The number of rotatable bonds is 3. The molecule has 0 radical (unpaired) electrons. The van der Waals surface area contributed by atoms with Crippen LogP contribution in [0.3, 0.4) is 0 Å². The largest absolute Gasteiger partial charge is 0.337 e. The van der Waals surface area contributed by atoms with Crippen molar-refractivity contribution in [3.8, 4) is 0 Å². The summed E-state index contributed by atoms with van der Waals surface area (Å²) in [5.41, 5.74) is 0.102. The number of benzene rings is 1. The highest BCUT2D eigenvalue weighted by molar-refractivity contribution is 5.98. The van der Waals surface area contributed by atoms with Crippen molar-refractivity contribution in [1.29, 1.82) is 0 Å². The van der Waals surface area contributed by atoms with Gasteiger partial charge in [0.15, 0.2) is 0 Å². The van der Waals surface area contributed by atoms with Crippen molar-refractivity contribution in [1.82, 2.24) is 9.80 Å². The van der Waals surface area contributed by atoms with E-state index in [2.05, 4.69) is 4.90 Å². The fourth-order valence-electron chi connectivity index (χ4n) is 3.53. The maximum absolute atomic E-state index is 12.7. The molecule has 3 rings (SSSR count). The molecule has 0 spiro atoms. The fraction of sp³-hybridized carbons (Fsp3) is 0.562. The van der Waals surface area contributed by atoms with Crippen molar-refractivity contribution < 1.29 is 9.72 Å². The number of hydrogen-bond acceptors (Lipinski definition) is 4. The van der Waals surface area contributed by atoms with Crippen LogP contribution in [0.2, 0.25) is 0 Å². The Labute approximate surface area is 129 Å². The monoisotopic (exact) mass is 303 g/mol. The molecule has 1 aromatic rings. The van der Waals surface area contributed by atoms with Gasteiger partial charge in [-0.2, -0.15) is 0 Å². The molecular weight excluding hydrogens is 282 g/mol. The summed E-state index contributed by atoms with van der Waals surface area (Å²) in [5.74, 6) is -0.212. The summed E-state index contributed by atoms with van der Waals surface area (Å²) in [6.07, 6.45) is 4.54. The maximum Gasteiger partial charge on any atom is 0.282 e. The zero-order valence-corrected chi connectivity index (χ0v) is 12.6. The molecule has 0 saturated carbocycles. The predicted octanol–water partition coefficient (Wildman–Crippen LogP) is 2.30. The lowest BCUT2D eigenvalue weighted by Crippen LogP contribution is -2.49. The van der Waals surface area contributed by atoms with Crippen LogP contribution < -0.4 is 0 Å². The summed E-state index contributed by atoms with van der Waals surface area (Å²) in [6, 6.07) is 6.64. The van der Waals surface area contributed by atoms with Gasteiger partial charge in [0, 0.05) is 25.2 Å². The Balaban J connectivity index is 1.75. The normalized spacial score (nSPS) is 22.7. The molecule has 2 heterocycles. The number of nitro groups is 1. The Morgan fingerprint density at radius 1 is 1.14 bits per heavy atom. The van der Waals surface area contributed by atoms with Gasteiger partial charge in [0.25, 0.3) is 11.6 Å². The molecule has 6 nitrogen and oxygen atoms in total. The van der Waals surface area contributed by atoms with Crippen LogP contribution in [0.25, 0.3) is 0 Å². The van der Waals surface area contributed by atoms with E-state index in [0.717, 1.165) is 25.9 Å². The molecule has 1 aromatic carbocycles. The first kappa shape index (κ1) is 15.0. The van der Waals surface area contributed by atoms with E-state index < -0.39 is 4.92 Å². The van der Waals surface area contributed by atoms with E-state index >= 15 is 0 Å². The molecule has 1 unspecified atom stereocenters. The van der Waals surface area contributed by atoms with Crippen LogP contribution in [0, 0.1) is 10.1 Å². The first-order valence-electron chi connectivity index (χ1n) is 7.93. The highest BCUT2D eigenvalue weighted by atomic mass is 16.6. The van der Waals surface area contributed by atoms with Gasteiger partial charge < -0.3 is 4.90 Å². The van der Waals surface area contributed by atoms with Gasteiger partial charge in [0.2, 0.25) is 0 Å². The molecule has 22 heavy (non-hydrogen) atoms. The van der Waals surface area contributed by atoms with Gasteiger partial charge in [-0.15, -0.1) is 0 Å². The molecule has 2 saturated heterocycles. The molecule has 0 aromatic heterocycles. The van der Waals surface area contributed by atoms with Gasteiger partial charge >= 0.3 is 0 Å². The Morgan fingerprint density at radius 2 is 1.86 bits per heavy atom. The lowest BCUT2D eigenvalue weighted by molar-refractivity contribution is -0.385. The van der Waals surface area contributed by atoms with E-state index in [9.17, 15) is 14.9 Å². The third kappa shape index (κ3) is 2.97. The smallest absolute Gasteiger partial charge is 0.282 e. The second-order valence-electron chi connectivity index (χ2n) is 6.06. The number of hydrogen-bond donors (Lipinski definition) is 0. The molecule has 6 heteroatoms. The standard InChI is InChI=1S/C16H21N3O3/c20-16(14-7-1-2-8-15(14)19(21)22)18-11-5-6-13(12-18)17-9-3-4-10-17/h1-2,7-8,13H,3-6,9-12H2. The summed E-state index contributed by atoms with van der Waals surface area (Å²) in [7, 11) is 0. The number of para-hydroxylation sites is 1. The molecule has 1 atom stereocenters. The number of carbonyl (C=O) groups is 1. The Hall–Kier alpha value is -1.95. The third-order valence-corrected chi connectivity index (χ3v) is 4.67. The zero-order chi connectivity index (χ0) is 15.5. The van der Waals surface area contributed by atoms with Crippen LogP contribution >= 0.6 is 0 Å². The van der Waals surface area contributed by atoms with Gasteiger partial charge in [-0.05, 0) is 44.8 Å². The number of amides is 1. The van der Waals surface area contributed by atoms with Crippen LogP contribution in [0.5, 0.6) is 0 Å². The van der Waals surface area contributed by atoms with E-state index in [1.54, 1.807) is 23.1 Å². The SMILES string of the molecule is O=C(c1ccccc1[N+](=O)[O-])N1CCCC(N2CCCC2)C1. The summed E-state index contributed by atoms with van der Waals surface area (Å²) in [4.78, 5) is 27.6. The number of nitrogens with zero attached hydrogens (tertiary/aromatic N) is 3. The first-order chi connectivity index (χ1) is 10.7. The maximum atomic E-state index is 12.7. The topological polar surface area (TPSA) is 66.7 Å². The lowest BCUT2D eigenvalue weighted by atomic mass is 10.0. The number of piperidine rings is 1. The summed E-state index contributed by atoms with van der Waals surface area (Å²) in [5, 5.41) is 11.1. The molecule has 118 valence electrons. The Kier molecular flexibility index (Phi) is 4.38. The van der Waals surface area contributed by atoms with Crippen molar-refractivity contribution in [2.24, 2.45) is 0 Å². The summed E-state index contributed by atoms with van der Waals surface area (Å²) in [6.45, 7) is 3.59. The number of carbonyl (C=O) groups excluding carboxylic acids is 1. The number of likely N-dealkylation sites (tertiary alicyclic amines) is 2.